The Bertz CT molecular complexity index is 466. The molecule has 0 aromatic heterocycles. The van der Waals surface area contributed by atoms with E-state index in [-0.39, 0.29) is 12.1 Å². The van der Waals surface area contributed by atoms with Crippen molar-refractivity contribution < 1.29 is 14.3 Å². The van der Waals surface area contributed by atoms with Gasteiger partial charge in [0.05, 0.1) is 12.5 Å². The van der Waals surface area contributed by atoms with Crippen molar-refractivity contribution in [2.75, 3.05) is 7.11 Å². The highest BCUT2D eigenvalue weighted by atomic mass is 16.6. The molecule has 0 bridgehead atoms. The number of cyclic esters (lactones) is 1. The van der Waals surface area contributed by atoms with Crippen molar-refractivity contribution >= 4 is 5.97 Å². The molecule has 116 valence electrons. The summed E-state index contributed by atoms with van der Waals surface area (Å²) < 4.78 is 10.8. The molecule has 21 heavy (non-hydrogen) atoms. The third kappa shape index (κ3) is 3.58. The van der Waals surface area contributed by atoms with Crippen molar-refractivity contribution in [3.63, 3.8) is 0 Å². The maximum absolute atomic E-state index is 12.3. The predicted octanol–water partition coefficient (Wildman–Crippen LogP) is 4.24. The number of benzene rings is 1. The van der Waals surface area contributed by atoms with Gasteiger partial charge in [0.1, 0.15) is 11.9 Å². The fourth-order valence-electron chi connectivity index (χ4n) is 3.02. The molecule has 1 aromatic rings. The molecule has 0 amide bonds. The van der Waals surface area contributed by atoms with Crippen LogP contribution in [-0.4, -0.2) is 19.2 Å². The second-order valence-electron chi connectivity index (χ2n) is 6.14. The van der Waals surface area contributed by atoms with E-state index < -0.39 is 5.41 Å². The zero-order valence-corrected chi connectivity index (χ0v) is 13.4. The lowest BCUT2D eigenvalue weighted by Gasteiger charge is -2.19. The minimum absolute atomic E-state index is 0.0708. The molecule has 1 heterocycles. The van der Waals surface area contributed by atoms with Crippen molar-refractivity contribution in [3.05, 3.63) is 29.8 Å². The number of rotatable bonds is 7. The van der Waals surface area contributed by atoms with Gasteiger partial charge in [-0.15, -0.1) is 0 Å². The molecule has 1 aliphatic rings. The van der Waals surface area contributed by atoms with Gasteiger partial charge in [-0.2, -0.15) is 0 Å². The van der Waals surface area contributed by atoms with Crippen molar-refractivity contribution in [2.45, 2.75) is 63.9 Å². The van der Waals surface area contributed by atoms with Crippen LogP contribution in [0.5, 0.6) is 5.75 Å². The van der Waals surface area contributed by atoms with Crippen molar-refractivity contribution in [1.82, 2.24) is 0 Å². The fraction of sp³-hybridized carbons (Fsp3) is 0.611. The van der Waals surface area contributed by atoms with E-state index in [0.29, 0.717) is 0 Å². The lowest BCUT2D eigenvalue weighted by atomic mass is 9.79. The van der Waals surface area contributed by atoms with Crippen LogP contribution >= 0.6 is 0 Å². The Morgan fingerprint density at radius 3 is 2.57 bits per heavy atom. The first-order valence-corrected chi connectivity index (χ1v) is 7.95. The van der Waals surface area contributed by atoms with Crippen molar-refractivity contribution in [3.8, 4) is 5.75 Å². The van der Waals surface area contributed by atoms with E-state index >= 15 is 0 Å². The minimum Gasteiger partial charge on any atom is -0.497 e. The molecule has 0 saturated carbocycles. The molecule has 1 saturated heterocycles. The monoisotopic (exact) mass is 290 g/mol. The van der Waals surface area contributed by atoms with Crippen LogP contribution in [0.3, 0.4) is 0 Å². The smallest absolute Gasteiger partial charge is 0.316 e. The maximum atomic E-state index is 12.3. The predicted molar refractivity (Wildman–Crippen MR) is 83.6 cm³/mol. The summed E-state index contributed by atoms with van der Waals surface area (Å²) in [6, 6.07) is 7.75. The molecule has 0 aliphatic carbocycles. The normalized spacial score (nSPS) is 24.9. The Morgan fingerprint density at radius 2 is 1.95 bits per heavy atom. The zero-order chi connectivity index (χ0) is 15.3. The molecule has 1 aromatic carbocycles. The molecule has 0 unspecified atom stereocenters. The summed E-state index contributed by atoms with van der Waals surface area (Å²) in [4.78, 5) is 12.3. The summed E-state index contributed by atoms with van der Waals surface area (Å²) in [6.45, 7) is 4.19. The Labute approximate surface area is 127 Å². The first-order chi connectivity index (χ1) is 10.1. The average molecular weight is 290 g/mol. The molecule has 2 rings (SSSR count). The van der Waals surface area contributed by atoms with Crippen LogP contribution in [0.25, 0.3) is 0 Å². The number of esters is 1. The van der Waals surface area contributed by atoms with Crippen LogP contribution in [0.1, 0.15) is 57.9 Å². The molecule has 0 spiro atoms. The van der Waals surface area contributed by atoms with Crippen molar-refractivity contribution in [2.24, 2.45) is 0 Å². The molecular formula is C18H26O3. The molecule has 3 nitrogen and oxygen atoms in total. The van der Waals surface area contributed by atoms with Gasteiger partial charge in [0.15, 0.2) is 0 Å². The summed E-state index contributed by atoms with van der Waals surface area (Å²) in [5.74, 6) is 0.720. The SMILES string of the molecule is CCCCCC[C@@H]1C[C@](C)(c2ccc(OC)cc2)C(=O)O1. The third-order valence-electron chi connectivity index (χ3n) is 4.47. The van der Waals surface area contributed by atoms with Gasteiger partial charge in [-0.05, 0) is 37.5 Å². The van der Waals surface area contributed by atoms with E-state index in [1.807, 2.05) is 31.2 Å². The molecule has 2 atom stereocenters. The standard InChI is InChI=1S/C18H26O3/c1-4-5-6-7-8-16-13-18(2,17(19)21-16)14-9-11-15(20-3)12-10-14/h9-12,16H,4-8,13H2,1-3H3/t16-,18-/m1/s1. The summed E-state index contributed by atoms with van der Waals surface area (Å²) in [6.07, 6.45) is 6.70. The number of hydrogen-bond acceptors (Lipinski definition) is 3. The Balaban J connectivity index is 1.99. The van der Waals surface area contributed by atoms with Gasteiger partial charge in [0.25, 0.3) is 0 Å². The van der Waals surface area contributed by atoms with Crippen LogP contribution in [0.15, 0.2) is 24.3 Å². The highest BCUT2D eigenvalue weighted by Crippen LogP contribution is 2.39. The van der Waals surface area contributed by atoms with E-state index in [2.05, 4.69) is 6.92 Å². The first kappa shape index (κ1) is 15.9. The van der Waals surface area contributed by atoms with Crippen LogP contribution in [-0.2, 0) is 14.9 Å². The quantitative estimate of drug-likeness (QED) is 0.556. The number of carbonyl (C=O) groups excluding carboxylic acids is 1. The van der Waals surface area contributed by atoms with E-state index in [9.17, 15) is 4.79 Å². The Morgan fingerprint density at radius 1 is 1.24 bits per heavy atom. The van der Waals surface area contributed by atoms with Gasteiger partial charge in [-0.3, -0.25) is 4.79 Å². The minimum atomic E-state index is -0.512. The van der Waals surface area contributed by atoms with Gasteiger partial charge < -0.3 is 9.47 Å². The number of ether oxygens (including phenoxy) is 2. The number of hydrogen-bond donors (Lipinski definition) is 0. The van der Waals surface area contributed by atoms with Gasteiger partial charge in [0.2, 0.25) is 0 Å². The Kier molecular flexibility index (Phi) is 5.27. The number of carbonyl (C=O) groups is 1. The van der Waals surface area contributed by atoms with E-state index in [1.165, 1.54) is 19.3 Å². The lowest BCUT2D eigenvalue weighted by Crippen LogP contribution is -2.27. The van der Waals surface area contributed by atoms with E-state index in [4.69, 9.17) is 9.47 Å². The van der Waals surface area contributed by atoms with E-state index in [1.54, 1.807) is 7.11 Å². The second-order valence-corrected chi connectivity index (χ2v) is 6.14. The van der Waals surface area contributed by atoms with Gasteiger partial charge in [0, 0.05) is 6.42 Å². The largest absolute Gasteiger partial charge is 0.497 e. The molecule has 1 fully saturated rings. The summed E-state index contributed by atoms with van der Waals surface area (Å²) in [5.41, 5.74) is 0.506. The molecule has 3 heteroatoms. The average Bonchev–Trinajstić information content (AvgIpc) is 2.80. The highest BCUT2D eigenvalue weighted by Gasteiger charge is 2.46. The summed E-state index contributed by atoms with van der Waals surface area (Å²) >= 11 is 0. The van der Waals surface area contributed by atoms with Crippen LogP contribution < -0.4 is 4.74 Å². The number of unbranched alkanes of at least 4 members (excludes halogenated alkanes) is 3. The lowest BCUT2D eigenvalue weighted by molar-refractivity contribution is -0.145. The third-order valence-corrected chi connectivity index (χ3v) is 4.47. The molecular weight excluding hydrogens is 264 g/mol. The van der Waals surface area contributed by atoms with Crippen LogP contribution in [0, 0.1) is 0 Å². The zero-order valence-electron chi connectivity index (χ0n) is 13.4. The fourth-order valence-corrected chi connectivity index (χ4v) is 3.02. The Hall–Kier alpha value is -1.51. The topological polar surface area (TPSA) is 35.5 Å². The molecule has 0 radical (unpaired) electrons. The number of methoxy groups -OCH3 is 1. The van der Waals surface area contributed by atoms with Crippen LogP contribution in [0.2, 0.25) is 0 Å². The first-order valence-electron chi connectivity index (χ1n) is 7.95. The highest BCUT2D eigenvalue weighted by molar-refractivity contribution is 5.84. The molecule has 0 N–H and O–H groups in total. The van der Waals surface area contributed by atoms with Gasteiger partial charge in [-0.25, -0.2) is 0 Å². The van der Waals surface area contributed by atoms with Crippen molar-refractivity contribution in [1.29, 1.82) is 0 Å². The summed E-state index contributed by atoms with van der Waals surface area (Å²) in [7, 11) is 1.65. The summed E-state index contributed by atoms with van der Waals surface area (Å²) in [5, 5.41) is 0. The van der Waals surface area contributed by atoms with Gasteiger partial charge >= 0.3 is 5.97 Å². The second kappa shape index (κ2) is 6.97. The molecule has 1 aliphatic heterocycles. The van der Waals surface area contributed by atoms with E-state index in [0.717, 1.165) is 30.6 Å². The maximum Gasteiger partial charge on any atom is 0.316 e. The van der Waals surface area contributed by atoms with Gasteiger partial charge in [-0.1, -0.05) is 38.3 Å². The van der Waals surface area contributed by atoms with Crippen LogP contribution in [0.4, 0.5) is 0 Å².